The Labute approximate surface area is 280 Å². The van der Waals surface area contributed by atoms with Crippen LogP contribution < -0.4 is 30.2 Å². The van der Waals surface area contributed by atoms with E-state index in [2.05, 4.69) is 49.6 Å². The summed E-state index contributed by atoms with van der Waals surface area (Å²) in [5.74, 6) is 0.806. The molecule has 0 fully saturated rings. The zero-order valence-corrected chi connectivity index (χ0v) is 28.1. The molecule has 11 nitrogen and oxygen atoms in total. The maximum atomic E-state index is 13.4. The lowest BCUT2D eigenvalue weighted by atomic mass is 9.93. The number of aromatic nitrogens is 3. The van der Waals surface area contributed by atoms with Gasteiger partial charge >= 0.3 is 12.2 Å². The third kappa shape index (κ3) is 12.7. The predicted molar refractivity (Wildman–Crippen MR) is 178 cm³/mol. The average Bonchev–Trinajstić information content (AvgIpc) is 3.02. The summed E-state index contributed by atoms with van der Waals surface area (Å²) in [5.41, 5.74) is 1.55. The van der Waals surface area contributed by atoms with E-state index in [1.165, 1.54) is 0 Å². The number of rotatable bonds is 7. The summed E-state index contributed by atoms with van der Waals surface area (Å²) >= 11 is 0. The second kappa shape index (κ2) is 17.2. The van der Waals surface area contributed by atoms with Crippen molar-refractivity contribution in [1.29, 1.82) is 0 Å². The van der Waals surface area contributed by atoms with E-state index in [-0.39, 0.29) is 29.8 Å². The molecule has 0 saturated carbocycles. The molecule has 1 aromatic heterocycles. The third-order valence-corrected chi connectivity index (χ3v) is 7.37. The van der Waals surface area contributed by atoms with Gasteiger partial charge in [0.05, 0.1) is 18.8 Å². The molecule has 2 aliphatic heterocycles. The van der Waals surface area contributed by atoms with Crippen molar-refractivity contribution in [1.82, 2.24) is 25.2 Å². The van der Waals surface area contributed by atoms with E-state index in [4.69, 9.17) is 14.2 Å². The highest BCUT2D eigenvalue weighted by Crippen LogP contribution is 2.27. The van der Waals surface area contributed by atoms with Gasteiger partial charge in [-0.1, -0.05) is 51.7 Å². The minimum Gasteiger partial charge on any atom is -0.494 e. The molecular weight excluding hydrogens is 627 g/mol. The number of fused-ring (bicyclic) bond motifs is 12. The molecule has 2 aromatic carbocycles. The molecule has 6 bridgehead atoms. The second-order valence-corrected chi connectivity index (χ2v) is 12.9. The van der Waals surface area contributed by atoms with Gasteiger partial charge in [-0.25, -0.2) is 0 Å². The zero-order valence-electron chi connectivity index (χ0n) is 28.1. The minimum atomic E-state index is -4.58. The fraction of sp³-hybridized carbons (Fsp3) is 0.529. The van der Waals surface area contributed by atoms with Gasteiger partial charge in [0.15, 0.2) is 6.61 Å². The SMILES string of the molecule is CN(C)CC(C)(C)CNC(=O)c1ccc2cc1OCCCCCCCCOc1ccc(cc1)CNc1nc(nc(OCC(F)(F)F)n1)N2. The van der Waals surface area contributed by atoms with E-state index in [1.807, 2.05) is 38.4 Å². The van der Waals surface area contributed by atoms with Gasteiger partial charge in [0.25, 0.3) is 5.91 Å². The van der Waals surface area contributed by atoms with Crippen LogP contribution in [0.2, 0.25) is 0 Å². The average molecular weight is 674 g/mol. The highest BCUT2D eigenvalue weighted by molar-refractivity contribution is 5.97. The zero-order chi connectivity index (χ0) is 34.6. The van der Waals surface area contributed by atoms with Crippen LogP contribution in [0.3, 0.4) is 0 Å². The van der Waals surface area contributed by atoms with E-state index in [9.17, 15) is 18.0 Å². The summed E-state index contributed by atoms with van der Waals surface area (Å²) in [6.07, 6.45) is 1.35. The van der Waals surface area contributed by atoms with Gasteiger partial charge in [0, 0.05) is 31.4 Å². The lowest BCUT2D eigenvalue weighted by Crippen LogP contribution is -2.40. The maximum absolute atomic E-state index is 13.4. The van der Waals surface area contributed by atoms with E-state index >= 15 is 0 Å². The molecule has 0 atom stereocenters. The van der Waals surface area contributed by atoms with Crippen molar-refractivity contribution in [3.63, 3.8) is 0 Å². The molecule has 48 heavy (non-hydrogen) atoms. The fourth-order valence-corrected chi connectivity index (χ4v) is 5.23. The topological polar surface area (TPSA) is 123 Å². The number of benzene rings is 2. The number of hydrogen-bond donors (Lipinski definition) is 3. The number of nitrogens with zero attached hydrogens (tertiary/aromatic N) is 4. The van der Waals surface area contributed by atoms with Crippen LogP contribution in [-0.4, -0.2) is 78.9 Å². The Morgan fingerprint density at radius 3 is 2.27 bits per heavy atom. The van der Waals surface area contributed by atoms with Crippen molar-refractivity contribution in [2.24, 2.45) is 5.41 Å². The van der Waals surface area contributed by atoms with Crippen LogP contribution in [-0.2, 0) is 6.54 Å². The molecule has 2 aliphatic rings. The summed E-state index contributed by atoms with van der Waals surface area (Å²) in [4.78, 5) is 27.9. The Bertz CT molecular complexity index is 1470. The van der Waals surface area contributed by atoms with Crippen molar-refractivity contribution in [3.8, 4) is 17.5 Å². The third-order valence-electron chi connectivity index (χ3n) is 7.37. The Hall–Kier alpha value is -4.33. The van der Waals surface area contributed by atoms with Crippen LogP contribution in [0.15, 0.2) is 42.5 Å². The van der Waals surface area contributed by atoms with Gasteiger partial charge in [-0.05, 0) is 62.2 Å². The summed E-state index contributed by atoms with van der Waals surface area (Å²) < 4.78 is 55.8. The normalized spacial score (nSPS) is 15.0. The highest BCUT2D eigenvalue weighted by Gasteiger charge is 2.29. The lowest BCUT2D eigenvalue weighted by molar-refractivity contribution is -0.154. The van der Waals surface area contributed by atoms with Crippen LogP contribution >= 0.6 is 0 Å². The van der Waals surface area contributed by atoms with Crippen molar-refractivity contribution in [2.45, 2.75) is 65.1 Å². The standard InChI is InChI=1S/C34H46F3N7O4/c1-33(2,22-44(3)4)21-39-29(45)27-16-13-25-19-28(27)47-18-10-8-6-5-7-9-17-46-26-14-11-24(12-15-26)20-38-30-41-31(40-25)43-32(42-30)48-23-34(35,36)37/h11-16,19H,5-10,17-18,20-23H2,1-4H3,(H,39,45)(H2,38,40,41,42,43). The molecule has 5 rings (SSSR count). The number of amides is 1. The highest BCUT2D eigenvalue weighted by atomic mass is 19.4. The number of alkyl halides is 3. The second-order valence-electron chi connectivity index (χ2n) is 12.9. The molecule has 0 radical (unpaired) electrons. The Morgan fingerprint density at radius 1 is 0.917 bits per heavy atom. The van der Waals surface area contributed by atoms with Gasteiger partial charge in [0.1, 0.15) is 11.5 Å². The van der Waals surface area contributed by atoms with Crippen LogP contribution in [0.1, 0.15) is 68.3 Å². The van der Waals surface area contributed by atoms with Gasteiger partial charge in [-0.3, -0.25) is 4.79 Å². The quantitative estimate of drug-likeness (QED) is 0.253. The monoisotopic (exact) mass is 673 g/mol. The van der Waals surface area contributed by atoms with Crippen LogP contribution in [0, 0.1) is 5.41 Å². The Kier molecular flexibility index (Phi) is 13.1. The molecule has 0 unspecified atom stereocenters. The first-order valence-corrected chi connectivity index (χ1v) is 16.2. The first-order chi connectivity index (χ1) is 22.8. The van der Waals surface area contributed by atoms with E-state index < -0.39 is 18.8 Å². The number of carbonyl (C=O) groups excluding carboxylic acids is 1. The van der Waals surface area contributed by atoms with Crippen molar-refractivity contribution in [3.05, 3.63) is 53.6 Å². The van der Waals surface area contributed by atoms with Crippen LogP contribution in [0.5, 0.6) is 17.5 Å². The number of hydrogen-bond acceptors (Lipinski definition) is 10. The molecule has 0 saturated heterocycles. The molecule has 0 aliphatic carbocycles. The largest absolute Gasteiger partial charge is 0.494 e. The van der Waals surface area contributed by atoms with Gasteiger partial charge < -0.3 is 35.1 Å². The van der Waals surface area contributed by atoms with E-state index in [0.29, 0.717) is 36.8 Å². The Morgan fingerprint density at radius 2 is 1.58 bits per heavy atom. The lowest BCUT2D eigenvalue weighted by Gasteiger charge is -2.28. The summed E-state index contributed by atoms with van der Waals surface area (Å²) in [7, 11) is 3.98. The van der Waals surface area contributed by atoms with Gasteiger partial charge in [-0.15, -0.1) is 0 Å². The number of ether oxygens (including phenoxy) is 3. The van der Waals surface area contributed by atoms with Crippen molar-refractivity contribution >= 4 is 23.5 Å². The molecule has 3 aromatic rings. The minimum absolute atomic E-state index is 0.0104. The summed E-state index contributed by atoms with van der Waals surface area (Å²) in [5, 5.41) is 9.07. The first-order valence-electron chi connectivity index (χ1n) is 16.2. The van der Waals surface area contributed by atoms with Gasteiger partial charge in [0.2, 0.25) is 11.9 Å². The smallest absolute Gasteiger partial charge is 0.422 e. The first kappa shape index (κ1) is 36.5. The number of nitrogens with one attached hydrogen (secondary N) is 3. The van der Waals surface area contributed by atoms with Crippen LogP contribution in [0.4, 0.5) is 30.8 Å². The molecule has 262 valence electrons. The molecule has 3 N–H and O–H groups in total. The molecule has 1 amide bonds. The number of anilines is 3. The van der Waals surface area contributed by atoms with E-state index in [1.54, 1.807) is 18.2 Å². The van der Waals surface area contributed by atoms with Crippen LogP contribution in [0.25, 0.3) is 0 Å². The fourth-order valence-electron chi connectivity index (χ4n) is 5.23. The molecule has 3 heterocycles. The molecule has 14 heteroatoms. The van der Waals surface area contributed by atoms with E-state index in [0.717, 1.165) is 56.4 Å². The predicted octanol–water partition coefficient (Wildman–Crippen LogP) is 6.60. The van der Waals surface area contributed by atoms with Crippen molar-refractivity contribution < 1.29 is 32.2 Å². The van der Waals surface area contributed by atoms with Crippen molar-refractivity contribution in [2.75, 3.05) is 57.6 Å². The molecule has 0 spiro atoms. The number of halogens is 3. The van der Waals surface area contributed by atoms with Gasteiger partial charge in [-0.2, -0.15) is 28.1 Å². The summed E-state index contributed by atoms with van der Waals surface area (Å²) in [6, 6.07) is 12.0. The maximum Gasteiger partial charge on any atom is 0.422 e. The summed E-state index contributed by atoms with van der Waals surface area (Å²) in [6.45, 7) is 5.16. The Balaban J connectivity index is 1.60. The number of carbonyl (C=O) groups is 1. The molecular formula is C34H46F3N7O4.